The van der Waals surface area contributed by atoms with Crippen LogP contribution in [-0.2, 0) is 12.8 Å². The van der Waals surface area contributed by atoms with Crippen LogP contribution < -0.4 is 10.5 Å². The molecule has 0 aliphatic carbocycles. The quantitative estimate of drug-likeness (QED) is 0.899. The number of para-hydroxylation sites is 1. The van der Waals surface area contributed by atoms with Gasteiger partial charge in [-0.3, -0.25) is 0 Å². The van der Waals surface area contributed by atoms with Gasteiger partial charge < -0.3 is 10.5 Å². The second-order valence-corrected chi connectivity index (χ2v) is 5.21. The average Bonchev–Trinajstić information content (AvgIpc) is 2.56. The Hall–Kier alpha value is -1.80. The molecule has 0 aromatic heterocycles. The maximum Gasteiger partial charge on any atom is 0.130 e. The molecule has 0 bridgehead atoms. The lowest BCUT2D eigenvalue weighted by molar-refractivity contribution is 0.289. The van der Waals surface area contributed by atoms with Gasteiger partial charge in [0.1, 0.15) is 5.75 Å². The summed E-state index contributed by atoms with van der Waals surface area (Å²) in [6.07, 6.45) is 3.32. The minimum absolute atomic E-state index is 0.845. The molecule has 0 unspecified atom stereocenters. The molecule has 0 fully saturated rings. The van der Waals surface area contributed by atoms with Crippen molar-refractivity contribution in [3.05, 3.63) is 53.1 Å². The van der Waals surface area contributed by atoms with Crippen molar-refractivity contribution in [1.82, 2.24) is 0 Å². The highest BCUT2D eigenvalue weighted by atomic mass is 16.5. The number of fused-ring (bicyclic) bond motifs is 1. The normalized spacial score (nSPS) is 12.8. The van der Waals surface area contributed by atoms with Crippen molar-refractivity contribution in [1.29, 1.82) is 0 Å². The molecular formula is C19H25NO. The standard InChI is InChI=1S/C18H20O.CH5N/c1-3-14-8-4-7-13(2)17(14)16-11-5-9-15-10-6-12-19-18(15)16;1-2/h4-5,7-9,11H,3,6,10,12H2,1-2H3;2H2,1H3. The molecule has 0 spiro atoms. The van der Waals surface area contributed by atoms with Crippen molar-refractivity contribution in [2.75, 3.05) is 13.7 Å². The van der Waals surface area contributed by atoms with E-state index in [1.165, 1.54) is 34.9 Å². The number of rotatable bonds is 2. The summed E-state index contributed by atoms with van der Waals surface area (Å²) in [5.74, 6) is 1.11. The van der Waals surface area contributed by atoms with E-state index in [1.807, 2.05) is 0 Å². The van der Waals surface area contributed by atoms with E-state index < -0.39 is 0 Å². The van der Waals surface area contributed by atoms with Gasteiger partial charge >= 0.3 is 0 Å². The maximum atomic E-state index is 5.96. The third kappa shape index (κ3) is 3.11. The van der Waals surface area contributed by atoms with E-state index in [2.05, 4.69) is 56.0 Å². The van der Waals surface area contributed by atoms with Gasteiger partial charge in [-0.1, -0.05) is 43.3 Å². The Bertz CT molecular complexity index is 605. The van der Waals surface area contributed by atoms with Gasteiger partial charge in [-0.15, -0.1) is 0 Å². The van der Waals surface area contributed by atoms with E-state index in [0.29, 0.717) is 0 Å². The Balaban J connectivity index is 0.000000774. The predicted octanol–water partition coefficient (Wildman–Crippen LogP) is 4.12. The first-order chi connectivity index (χ1) is 10.3. The summed E-state index contributed by atoms with van der Waals surface area (Å²) in [4.78, 5) is 0. The second-order valence-electron chi connectivity index (χ2n) is 5.21. The van der Waals surface area contributed by atoms with E-state index in [0.717, 1.165) is 31.6 Å². The molecule has 3 rings (SSSR count). The van der Waals surface area contributed by atoms with Crippen LogP contribution in [0.1, 0.15) is 30.0 Å². The molecule has 1 heterocycles. The maximum absolute atomic E-state index is 5.96. The fourth-order valence-corrected chi connectivity index (χ4v) is 2.99. The number of benzene rings is 2. The first kappa shape index (κ1) is 15.6. The molecule has 21 heavy (non-hydrogen) atoms. The van der Waals surface area contributed by atoms with Crippen molar-refractivity contribution in [2.45, 2.75) is 33.1 Å². The summed E-state index contributed by atoms with van der Waals surface area (Å²) in [7, 11) is 1.50. The number of nitrogens with two attached hydrogens (primary N) is 1. The van der Waals surface area contributed by atoms with Crippen molar-refractivity contribution >= 4 is 0 Å². The van der Waals surface area contributed by atoms with Crippen LogP contribution in [0.2, 0.25) is 0 Å². The summed E-state index contributed by atoms with van der Waals surface area (Å²) in [6.45, 7) is 5.25. The summed E-state index contributed by atoms with van der Waals surface area (Å²) in [6, 6.07) is 13.1. The molecule has 0 radical (unpaired) electrons. The highest BCUT2D eigenvalue weighted by Crippen LogP contribution is 2.39. The number of ether oxygens (including phenoxy) is 1. The van der Waals surface area contributed by atoms with E-state index in [1.54, 1.807) is 0 Å². The fourth-order valence-electron chi connectivity index (χ4n) is 2.99. The van der Waals surface area contributed by atoms with Crippen LogP contribution in [0.3, 0.4) is 0 Å². The zero-order valence-electron chi connectivity index (χ0n) is 13.3. The molecule has 0 saturated heterocycles. The van der Waals surface area contributed by atoms with Crippen molar-refractivity contribution in [2.24, 2.45) is 5.73 Å². The van der Waals surface area contributed by atoms with Crippen LogP contribution in [0.15, 0.2) is 36.4 Å². The largest absolute Gasteiger partial charge is 0.493 e. The number of aryl methyl sites for hydroxylation is 3. The molecule has 2 heteroatoms. The molecular weight excluding hydrogens is 258 g/mol. The summed E-state index contributed by atoms with van der Waals surface area (Å²) in [5.41, 5.74) is 11.2. The van der Waals surface area contributed by atoms with Crippen molar-refractivity contribution < 1.29 is 4.74 Å². The van der Waals surface area contributed by atoms with Gasteiger partial charge in [-0.25, -0.2) is 0 Å². The Labute approximate surface area is 127 Å². The Morgan fingerprint density at radius 1 is 1.10 bits per heavy atom. The summed E-state index contributed by atoms with van der Waals surface area (Å²) in [5, 5.41) is 0. The molecule has 0 atom stereocenters. The second kappa shape index (κ2) is 7.28. The van der Waals surface area contributed by atoms with Gasteiger partial charge in [0.15, 0.2) is 0 Å². The van der Waals surface area contributed by atoms with E-state index >= 15 is 0 Å². The van der Waals surface area contributed by atoms with Crippen LogP contribution in [0.4, 0.5) is 0 Å². The monoisotopic (exact) mass is 283 g/mol. The van der Waals surface area contributed by atoms with Gasteiger partial charge in [0.25, 0.3) is 0 Å². The lowest BCUT2D eigenvalue weighted by Crippen LogP contribution is -2.09. The van der Waals surface area contributed by atoms with Crippen LogP contribution in [0, 0.1) is 6.92 Å². The van der Waals surface area contributed by atoms with Gasteiger partial charge in [0, 0.05) is 5.56 Å². The molecule has 2 aromatic rings. The highest BCUT2D eigenvalue weighted by molar-refractivity contribution is 5.77. The lowest BCUT2D eigenvalue weighted by Gasteiger charge is -2.22. The topological polar surface area (TPSA) is 35.2 Å². The van der Waals surface area contributed by atoms with E-state index in [9.17, 15) is 0 Å². The van der Waals surface area contributed by atoms with Gasteiger partial charge in [-0.05, 0) is 55.5 Å². The van der Waals surface area contributed by atoms with Gasteiger partial charge in [0.05, 0.1) is 6.61 Å². The number of hydrogen-bond acceptors (Lipinski definition) is 2. The zero-order valence-corrected chi connectivity index (χ0v) is 13.3. The van der Waals surface area contributed by atoms with Crippen LogP contribution in [-0.4, -0.2) is 13.7 Å². The smallest absolute Gasteiger partial charge is 0.130 e. The average molecular weight is 283 g/mol. The number of hydrogen-bond donors (Lipinski definition) is 1. The molecule has 0 saturated carbocycles. The van der Waals surface area contributed by atoms with Crippen molar-refractivity contribution in [3.8, 4) is 16.9 Å². The lowest BCUT2D eigenvalue weighted by atomic mass is 9.90. The van der Waals surface area contributed by atoms with E-state index in [4.69, 9.17) is 4.74 Å². The van der Waals surface area contributed by atoms with Crippen LogP contribution >= 0.6 is 0 Å². The molecule has 112 valence electrons. The van der Waals surface area contributed by atoms with E-state index in [-0.39, 0.29) is 0 Å². The first-order valence-corrected chi connectivity index (χ1v) is 7.72. The van der Waals surface area contributed by atoms with Crippen LogP contribution in [0.25, 0.3) is 11.1 Å². The molecule has 2 N–H and O–H groups in total. The minimum Gasteiger partial charge on any atom is -0.493 e. The molecule has 0 amide bonds. The SMILES string of the molecule is CCc1cccc(C)c1-c1cccc2c1OCCC2.CN. The Morgan fingerprint density at radius 2 is 1.86 bits per heavy atom. The minimum atomic E-state index is 0.845. The van der Waals surface area contributed by atoms with Crippen LogP contribution in [0.5, 0.6) is 5.75 Å². The summed E-state index contributed by atoms with van der Waals surface area (Å²) < 4.78 is 5.96. The van der Waals surface area contributed by atoms with Gasteiger partial charge in [-0.2, -0.15) is 0 Å². The third-order valence-electron chi connectivity index (χ3n) is 3.94. The summed E-state index contributed by atoms with van der Waals surface area (Å²) >= 11 is 0. The molecule has 1 aliphatic heterocycles. The zero-order chi connectivity index (χ0) is 15.2. The molecule has 1 aliphatic rings. The third-order valence-corrected chi connectivity index (χ3v) is 3.94. The predicted molar refractivity (Wildman–Crippen MR) is 89.9 cm³/mol. The molecule has 2 nitrogen and oxygen atoms in total. The fraction of sp³-hybridized carbons (Fsp3) is 0.368. The van der Waals surface area contributed by atoms with Gasteiger partial charge in [0.2, 0.25) is 0 Å². The highest BCUT2D eigenvalue weighted by Gasteiger charge is 2.18. The van der Waals surface area contributed by atoms with Crippen molar-refractivity contribution in [3.63, 3.8) is 0 Å². The first-order valence-electron chi connectivity index (χ1n) is 7.72. The Morgan fingerprint density at radius 3 is 2.62 bits per heavy atom. The Kier molecular flexibility index (Phi) is 5.40. The molecule has 2 aromatic carbocycles.